The summed E-state index contributed by atoms with van der Waals surface area (Å²) in [6.07, 6.45) is 5.88. The Morgan fingerprint density at radius 2 is 1.79 bits per heavy atom. The number of carbonyl (C=O) groups is 2. The average Bonchev–Trinajstić information content (AvgIpc) is 2.85. The molecule has 0 bridgehead atoms. The van der Waals surface area contributed by atoms with Crippen molar-refractivity contribution in [3.63, 3.8) is 0 Å². The zero-order chi connectivity index (χ0) is 23.2. The predicted octanol–water partition coefficient (Wildman–Crippen LogP) is 3.12. The van der Waals surface area contributed by atoms with Crippen LogP contribution in [0.2, 0.25) is 0 Å². The van der Waals surface area contributed by atoms with Gasteiger partial charge < -0.3 is 10.5 Å². The number of hydrogen-bond acceptors (Lipinski definition) is 7. The molecule has 33 heavy (non-hydrogen) atoms. The Balaban J connectivity index is 1.42. The number of ketones is 1. The first-order valence-corrected chi connectivity index (χ1v) is 11.8. The Kier molecular flexibility index (Phi) is 7.52. The van der Waals surface area contributed by atoms with Gasteiger partial charge in [-0.2, -0.15) is 5.10 Å². The Morgan fingerprint density at radius 1 is 1.06 bits per heavy atom. The smallest absolute Gasteiger partial charge is 0.320 e. The van der Waals surface area contributed by atoms with Gasteiger partial charge in [-0.1, -0.05) is 36.4 Å². The second kappa shape index (κ2) is 10.7. The van der Waals surface area contributed by atoms with Crippen molar-refractivity contribution in [2.45, 2.75) is 38.8 Å². The first-order valence-electron chi connectivity index (χ1n) is 11.8. The van der Waals surface area contributed by atoms with Crippen molar-refractivity contribution in [2.75, 3.05) is 32.8 Å². The minimum absolute atomic E-state index is 0.0140. The molecule has 2 aliphatic rings. The molecule has 2 heterocycles. The molecule has 7 nitrogen and oxygen atoms in total. The molecule has 0 amide bonds. The van der Waals surface area contributed by atoms with Gasteiger partial charge in [-0.05, 0) is 55.4 Å². The molecule has 2 N–H and O–H groups in total. The maximum absolute atomic E-state index is 13.1. The van der Waals surface area contributed by atoms with Gasteiger partial charge in [0.25, 0.3) is 0 Å². The fourth-order valence-electron chi connectivity index (χ4n) is 4.43. The molecule has 1 saturated heterocycles. The standard InChI is InChI=1S/C26H32N4O3/c1-2-33-24(31)18-29-15-12-21-16-22(10-11-23(21)26(29)27)25(32)20-8-6-19(7-9-20)17-28-30-13-4-3-5-14-30/h6-11,16-17,26H,2-5,12-15,18,27H2,1H3. The molecule has 0 aliphatic carbocycles. The van der Waals surface area contributed by atoms with Crippen molar-refractivity contribution in [3.05, 3.63) is 70.3 Å². The van der Waals surface area contributed by atoms with E-state index in [9.17, 15) is 9.59 Å². The van der Waals surface area contributed by atoms with Crippen LogP contribution in [-0.4, -0.2) is 60.7 Å². The van der Waals surface area contributed by atoms with Crippen LogP contribution in [0, 0.1) is 0 Å². The lowest BCUT2D eigenvalue weighted by Crippen LogP contribution is -2.43. The molecular weight excluding hydrogens is 416 g/mol. The molecule has 0 radical (unpaired) electrons. The number of rotatable bonds is 7. The number of fused-ring (bicyclic) bond motifs is 1. The van der Waals surface area contributed by atoms with Crippen LogP contribution < -0.4 is 5.73 Å². The van der Waals surface area contributed by atoms with E-state index < -0.39 is 0 Å². The lowest BCUT2D eigenvalue weighted by atomic mass is 9.92. The highest BCUT2D eigenvalue weighted by Gasteiger charge is 2.27. The Labute approximate surface area is 195 Å². The van der Waals surface area contributed by atoms with Gasteiger partial charge >= 0.3 is 5.97 Å². The predicted molar refractivity (Wildman–Crippen MR) is 128 cm³/mol. The van der Waals surface area contributed by atoms with E-state index >= 15 is 0 Å². The third kappa shape index (κ3) is 5.67. The monoisotopic (exact) mass is 448 g/mol. The zero-order valence-corrected chi connectivity index (χ0v) is 19.2. The molecule has 2 aromatic carbocycles. The number of nitrogens with zero attached hydrogens (tertiary/aromatic N) is 3. The topological polar surface area (TPSA) is 88.2 Å². The minimum atomic E-state index is -0.388. The summed E-state index contributed by atoms with van der Waals surface area (Å²) in [7, 11) is 0. The molecule has 0 saturated carbocycles. The second-order valence-corrected chi connectivity index (χ2v) is 8.59. The van der Waals surface area contributed by atoms with Crippen LogP contribution in [-0.2, 0) is 16.0 Å². The maximum atomic E-state index is 13.1. The van der Waals surface area contributed by atoms with E-state index in [1.165, 1.54) is 19.3 Å². The van der Waals surface area contributed by atoms with Crippen molar-refractivity contribution in [1.82, 2.24) is 9.91 Å². The number of carbonyl (C=O) groups excluding carboxylic acids is 2. The second-order valence-electron chi connectivity index (χ2n) is 8.59. The van der Waals surface area contributed by atoms with Gasteiger partial charge in [0.05, 0.1) is 25.5 Å². The fourth-order valence-corrected chi connectivity index (χ4v) is 4.43. The summed E-state index contributed by atoms with van der Waals surface area (Å²) in [6, 6.07) is 13.2. The SMILES string of the molecule is CCOC(=O)CN1CCc2cc(C(=O)c3ccc(C=NN4CCCCC4)cc3)ccc2C1N. The molecule has 1 atom stereocenters. The molecule has 7 heteroatoms. The molecule has 1 unspecified atom stereocenters. The third-order valence-corrected chi connectivity index (χ3v) is 6.30. The molecule has 4 rings (SSSR count). The van der Waals surface area contributed by atoms with Gasteiger partial charge in [-0.25, -0.2) is 0 Å². The molecule has 2 aromatic rings. The van der Waals surface area contributed by atoms with Crippen molar-refractivity contribution < 1.29 is 14.3 Å². The lowest BCUT2D eigenvalue weighted by molar-refractivity contribution is -0.145. The van der Waals surface area contributed by atoms with E-state index in [0.29, 0.717) is 24.3 Å². The van der Waals surface area contributed by atoms with Crippen molar-refractivity contribution in [2.24, 2.45) is 10.8 Å². The maximum Gasteiger partial charge on any atom is 0.320 e. The average molecular weight is 449 g/mol. The number of benzene rings is 2. The molecule has 1 fully saturated rings. The van der Waals surface area contributed by atoms with E-state index in [0.717, 1.165) is 36.2 Å². The summed E-state index contributed by atoms with van der Waals surface area (Å²) in [4.78, 5) is 26.8. The van der Waals surface area contributed by atoms with Gasteiger partial charge in [0, 0.05) is 30.8 Å². The van der Waals surface area contributed by atoms with Crippen LogP contribution in [0.25, 0.3) is 0 Å². The Bertz CT molecular complexity index is 1010. The summed E-state index contributed by atoms with van der Waals surface area (Å²) < 4.78 is 5.04. The van der Waals surface area contributed by atoms with Crippen molar-refractivity contribution >= 4 is 18.0 Å². The molecule has 174 valence electrons. The Hall–Kier alpha value is -3.03. The van der Waals surface area contributed by atoms with E-state index in [1.54, 1.807) is 6.92 Å². The van der Waals surface area contributed by atoms with E-state index in [-0.39, 0.29) is 24.5 Å². The van der Waals surface area contributed by atoms with Crippen LogP contribution in [0.5, 0.6) is 0 Å². The van der Waals surface area contributed by atoms with Gasteiger partial charge in [-0.3, -0.25) is 19.5 Å². The van der Waals surface area contributed by atoms with Crippen LogP contribution in [0.4, 0.5) is 0 Å². The number of ether oxygens (including phenoxy) is 1. The van der Waals surface area contributed by atoms with Gasteiger partial charge in [0.15, 0.2) is 5.78 Å². The van der Waals surface area contributed by atoms with Crippen LogP contribution in [0.3, 0.4) is 0 Å². The van der Waals surface area contributed by atoms with Crippen molar-refractivity contribution in [3.8, 4) is 0 Å². The highest BCUT2D eigenvalue weighted by atomic mass is 16.5. The molecule has 2 aliphatic heterocycles. The number of esters is 1. The van der Waals surface area contributed by atoms with Gasteiger partial charge in [0.2, 0.25) is 0 Å². The largest absolute Gasteiger partial charge is 0.465 e. The number of piperidine rings is 1. The first-order chi connectivity index (χ1) is 16.0. The quantitative estimate of drug-likeness (QED) is 0.398. The van der Waals surface area contributed by atoms with Gasteiger partial charge in [0.1, 0.15) is 0 Å². The normalized spacial score (nSPS) is 18.8. The molecular formula is C26H32N4O3. The minimum Gasteiger partial charge on any atom is -0.465 e. The third-order valence-electron chi connectivity index (χ3n) is 6.30. The highest BCUT2D eigenvalue weighted by molar-refractivity contribution is 6.09. The summed E-state index contributed by atoms with van der Waals surface area (Å²) in [6.45, 7) is 4.98. The van der Waals surface area contributed by atoms with Gasteiger partial charge in [-0.15, -0.1) is 0 Å². The summed E-state index contributed by atoms with van der Waals surface area (Å²) in [5.74, 6) is -0.285. The number of hydrogen-bond donors (Lipinski definition) is 1. The van der Waals surface area contributed by atoms with Crippen LogP contribution in [0.1, 0.15) is 65.0 Å². The highest BCUT2D eigenvalue weighted by Crippen LogP contribution is 2.27. The zero-order valence-electron chi connectivity index (χ0n) is 19.2. The number of nitrogens with two attached hydrogens (primary N) is 1. The Morgan fingerprint density at radius 3 is 2.52 bits per heavy atom. The molecule has 0 aromatic heterocycles. The summed E-state index contributed by atoms with van der Waals surface area (Å²) in [5.41, 5.74) is 10.7. The fraction of sp³-hybridized carbons (Fsp3) is 0.423. The first kappa shape index (κ1) is 23.1. The van der Waals surface area contributed by atoms with Crippen LogP contribution in [0.15, 0.2) is 47.6 Å². The van der Waals surface area contributed by atoms with Crippen LogP contribution >= 0.6 is 0 Å². The summed E-state index contributed by atoms with van der Waals surface area (Å²) in [5, 5.41) is 6.66. The van der Waals surface area contributed by atoms with E-state index in [1.807, 2.05) is 53.6 Å². The molecule has 0 spiro atoms. The lowest BCUT2D eigenvalue weighted by Gasteiger charge is -2.34. The number of hydrazone groups is 1. The van der Waals surface area contributed by atoms with Crippen molar-refractivity contribution in [1.29, 1.82) is 0 Å². The summed E-state index contributed by atoms with van der Waals surface area (Å²) >= 11 is 0. The van der Waals surface area contributed by atoms with E-state index in [4.69, 9.17) is 10.5 Å². The van der Waals surface area contributed by atoms with E-state index in [2.05, 4.69) is 10.1 Å².